The van der Waals surface area contributed by atoms with E-state index in [1.807, 2.05) is 11.4 Å². The Morgan fingerprint density at radius 3 is 2.88 bits per heavy atom. The molecule has 0 aliphatic carbocycles. The van der Waals surface area contributed by atoms with Crippen LogP contribution in [0.2, 0.25) is 0 Å². The highest BCUT2D eigenvalue weighted by Gasteiger charge is 2.17. The number of nitrogens with zero attached hydrogens (tertiary/aromatic N) is 1. The number of nitriles is 1. The molecular formula is C12H10N2O2S. The Hall–Kier alpha value is -2.06. The maximum atomic E-state index is 11.8. The number of aryl methyl sites for hydroxylation is 1. The van der Waals surface area contributed by atoms with Crippen LogP contribution >= 0.6 is 11.3 Å². The average molecular weight is 246 g/mol. The minimum absolute atomic E-state index is 0.223. The van der Waals surface area contributed by atoms with E-state index in [1.165, 1.54) is 11.3 Å². The number of furan rings is 1. The number of carbonyl (C=O) groups is 1. The van der Waals surface area contributed by atoms with Crippen molar-refractivity contribution in [1.29, 1.82) is 5.26 Å². The number of thiophene rings is 1. The average Bonchev–Trinajstić information content (AvgIpc) is 2.89. The van der Waals surface area contributed by atoms with Crippen molar-refractivity contribution in [2.45, 2.75) is 13.8 Å². The molecule has 1 N–H and O–H groups in total. The number of nitrogens with one attached hydrogen (secondary N) is 1. The van der Waals surface area contributed by atoms with Gasteiger partial charge in [0.05, 0.1) is 4.88 Å². The number of hydrogen-bond acceptors (Lipinski definition) is 4. The summed E-state index contributed by atoms with van der Waals surface area (Å²) in [6.07, 6.45) is 0. The van der Waals surface area contributed by atoms with E-state index >= 15 is 0 Å². The van der Waals surface area contributed by atoms with E-state index < -0.39 is 0 Å². The van der Waals surface area contributed by atoms with Crippen molar-refractivity contribution in [3.8, 4) is 6.07 Å². The minimum Gasteiger partial charge on any atom is -0.444 e. The van der Waals surface area contributed by atoms with Crippen molar-refractivity contribution in [3.05, 3.63) is 39.3 Å². The summed E-state index contributed by atoms with van der Waals surface area (Å²) in [6.45, 7) is 3.55. The van der Waals surface area contributed by atoms with Crippen LogP contribution in [0.3, 0.4) is 0 Å². The van der Waals surface area contributed by atoms with Gasteiger partial charge in [-0.15, -0.1) is 11.3 Å². The Morgan fingerprint density at radius 2 is 2.29 bits per heavy atom. The lowest BCUT2D eigenvalue weighted by molar-refractivity contribution is 0.102. The number of amides is 1. The topological polar surface area (TPSA) is 66.0 Å². The molecule has 5 heteroatoms. The molecule has 0 atom stereocenters. The van der Waals surface area contributed by atoms with Crippen molar-refractivity contribution in [3.63, 3.8) is 0 Å². The van der Waals surface area contributed by atoms with Crippen molar-refractivity contribution in [1.82, 2.24) is 0 Å². The Bertz CT molecular complexity index is 591. The highest BCUT2D eigenvalue weighted by atomic mass is 32.1. The lowest BCUT2D eigenvalue weighted by Crippen LogP contribution is -2.10. The molecule has 2 rings (SSSR count). The van der Waals surface area contributed by atoms with Gasteiger partial charge in [-0.3, -0.25) is 10.1 Å². The van der Waals surface area contributed by atoms with E-state index in [4.69, 9.17) is 9.68 Å². The molecule has 17 heavy (non-hydrogen) atoms. The monoisotopic (exact) mass is 246 g/mol. The summed E-state index contributed by atoms with van der Waals surface area (Å²) in [5.41, 5.74) is 1.14. The second-order valence-electron chi connectivity index (χ2n) is 3.53. The fraction of sp³-hybridized carbons (Fsp3) is 0.167. The maximum absolute atomic E-state index is 11.8. The van der Waals surface area contributed by atoms with Crippen molar-refractivity contribution in [2.75, 3.05) is 5.32 Å². The van der Waals surface area contributed by atoms with Crippen LogP contribution in [0.4, 0.5) is 5.88 Å². The SMILES string of the molecule is Cc1oc(NC(=O)c2cccs2)c(C#N)c1C. The second-order valence-corrected chi connectivity index (χ2v) is 4.48. The molecule has 0 unspecified atom stereocenters. The van der Waals surface area contributed by atoms with Crippen LogP contribution in [-0.4, -0.2) is 5.91 Å². The van der Waals surface area contributed by atoms with E-state index in [9.17, 15) is 4.79 Å². The van der Waals surface area contributed by atoms with Crippen molar-refractivity contribution in [2.24, 2.45) is 0 Å². The molecular weight excluding hydrogens is 236 g/mol. The van der Waals surface area contributed by atoms with Crippen LogP contribution in [0, 0.1) is 25.2 Å². The van der Waals surface area contributed by atoms with E-state index in [-0.39, 0.29) is 11.8 Å². The summed E-state index contributed by atoms with van der Waals surface area (Å²) in [4.78, 5) is 12.4. The third kappa shape index (κ3) is 2.08. The molecule has 4 nitrogen and oxygen atoms in total. The zero-order valence-corrected chi connectivity index (χ0v) is 10.2. The number of carbonyl (C=O) groups excluding carboxylic acids is 1. The Morgan fingerprint density at radius 1 is 1.53 bits per heavy atom. The van der Waals surface area contributed by atoms with Gasteiger partial charge in [-0.1, -0.05) is 6.07 Å². The predicted molar refractivity (Wildman–Crippen MR) is 65.2 cm³/mol. The van der Waals surface area contributed by atoms with Gasteiger partial charge in [0.1, 0.15) is 17.4 Å². The van der Waals surface area contributed by atoms with Gasteiger partial charge in [0.2, 0.25) is 5.88 Å². The molecule has 0 fully saturated rings. The molecule has 2 aromatic heterocycles. The first-order valence-electron chi connectivity index (χ1n) is 4.98. The summed E-state index contributed by atoms with van der Waals surface area (Å²) in [6, 6.07) is 5.54. The van der Waals surface area contributed by atoms with Gasteiger partial charge in [0, 0.05) is 5.56 Å². The van der Waals surface area contributed by atoms with Gasteiger partial charge in [0.25, 0.3) is 5.91 Å². The maximum Gasteiger partial charge on any atom is 0.268 e. The minimum atomic E-state index is -0.259. The lowest BCUT2D eigenvalue weighted by atomic mass is 10.2. The van der Waals surface area contributed by atoms with Crippen LogP contribution in [0.15, 0.2) is 21.9 Å². The van der Waals surface area contributed by atoms with Gasteiger partial charge < -0.3 is 4.42 Å². The summed E-state index contributed by atoms with van der Waals surface area (Å²) in [5, 5.41) is 13.4. The van der Waals surface area contributed by atoms with Crippen molar-refractivity contribution >= 4 is 23.1 Å². The van der Waals surface area contributed by atoms with E-state index in [0.29, 0.717) is 16.2 Å². The molecule has 2 aromatic rings. The first-order chi connectivity index (χ1) is 8.13. The highest BCUT2D eigenvalue weighted by Crippen LogP contribution is 2.26. The van der Waals surface area contributed by atoms with Crippen LogP contribution in [0.5, 0.6) is 0 Å². The smallest absolute Gasteiger partial charge is 0.268 e. The van der Waals surface area contributed by atoms with E-state index in [1.54, 1.807) is 26.0 Å². The molecule has 0 bridgehead atoms. The third-order valence-electron chi connectivity index (χ3n) is 2.47. The molecule has 0 saturated heterocycles. The molecule has 0 saturated carbocycles. The normalized spacial score (nSPS) is 9.94. The molecule has 0 aromatic carbocycles. The van der Waals surface area contributed by atoms with E-state index in [0.717, 1.165) is 5.56 Å². The zero-order chi connectivity index (χ0) is 12.4. The molecule has 86 valence electrons. The molecule has 1 amide bonds. The predicted octanol–water partition coefficient (Wildman–Crippen LogP) is 3.08. The summed E-state index contributed by atoms with van der Waals surface area (Å²) < 4.78 is 5.36. The number of anilines is 1. The Balaban J connectivity index is 2.29. The largest absolute Gasteiger partial charge is 0.444 e. The van der Waals surface area contributed by atoms with Crippen LogP contribution in [0.1, 0.15) is 26.6 Å². The summed E-state index contributed by atoms with van der Waals surface area (Å²) in [5.74, 6) is 0.606. The zero-order valence-electron chi connectivity index (χ0n) is 9.40. The quantitative estimate of drug-likeness (QED) is 0.885. The second kappa shape index (κ2) is 4.44. The number of rotatable bonds is 2. The van der Waals surface area contributed by atoms with Crippen LogP contribution in [0.25, 0.3) is 0 Å². The lowest BCUT2D eigenvalue weighted by Gasteiger charge is -1.99. The van der Waals surface area contributed by atoms with Gasteiger partial charge in [-0.05, 0) is 25.3 Å². The van der Waals surface area contributed by atoms with Crippen LogP contribution < -0.4 is 5.32 Å². The first-order valence-corrected chi connectivity index (χ1v) is 5.86. The molecule has 2 heterocycles. The molecule has 0 spiro atoms. The standard InChI is InChI=1S/C12H10N2O2S/c1-7-8(2)16-12(9(7)6-13)14-11(15)10-4-3-5-17-10/h3-5H,1-2H3,(H,14,15). The molecule has 0 aliphatic heterocycles. The fourth-order valence-corrected chi connectivity index (χ4v) is 2.04. The van der Waals surface area contributed by atoms with Crippen molar-refractivity contribution < 1.29 is 9.21 Å². The summed E-state index contributed by atoms with van der Waals surface area (Å²) >= 11 is 1.34. The van der Waals surface area contributed by atoms with E-state index in [2.05, 4.69) is 5.32 Å². The first kappa shape index (κ1) is 11.4. The van der Waals surface area contributed by atoms with Gasteiger partial charge in [-0.2, -0.15) is 5.26 Å². The summed E-state index contributed by atoms with van der Waals surface area (Å²) in [7, 11) is 0. The Kier molecular flexibility index (Phi) is 2.98. The van der Waals surface area contributed by atoms with Crippen LogP contribution in [-0.2, 0) is 0 Å². The molecule has 0 aliphatic rings. The number of hydrogen-bond donors (Lipinski definition) is 1. The fourth-order valence-electron chi connectivity index (χ4n) is 1.42. The highest BCUT2D eigenvalue weighted by molar-refractivity contribution is 7.12. The Labute approximate surface area is 102 Å². The van der Waals surface area contributed by atoms with Gasteiger partial charge >= 0.3 is 0 Å². The van der Waals surface area contributed by atoms with Gasteiger partial charge in [-0.25, -0.2) is 0 Å². The molecule has 0 radical (unpaired) electrons. The van der Waals surface area contributed by atoms with Gasteiger partial charge in [0.15, 0.2) is 0 Å². The third-order valence-corrected chi connectivity index (χ3v) is 3.34.